The second-order valence-corrected chi connectivity index (χ2v) is 7.55. The Morgan fingerprint density at radius 1 is 0.968 bits per heavy atom. The van der Waals surface area contributed by atoms with Gasteiger partial charge in [-0.05, 0) is 48.7 Å². The van der Waals surface area contributed by atoms with E-state index < -0.39 is 23.8 Å². The molecule has 1 aromatic heterocycles. The maximum Gasteiger partial charge on any atom is 0.287 e. The van der Waals surface area contributed by atoms with Gasteiger partial charge in [0.15, 0.2) is 5.76 Å². The highest BCUT2D eigenvalue weighted by molar-refractivity contribution is 5.98. The topological polar surface area (TPSA) is 110 Å². The van der Waals surface area contributed by atoms with Crippen LogP contribution in [0.4, 0.5) is 0 Å². The summed E-state index contributed by atoms with van der Waals surface area (Å²) in [6, 6.07) is 8.94. The van der Waals surface area contributed by atoms with Gasteiger partial charge in [0.25, 0.3) is 17.7 Å². The molecule has 2 rings (SSSR count). The molecular formula is C23H31N3O5. The van der Waals surface area contributed by atoms with Crippen LogP contribution in [0, 0.1) is 5.92 Å². The van der Waals surface area contributed by atoms with Crippen molar-refractivity contribution in [2.75, 3.05) is 6.61 Å². The summed E-state index contributed by atoms with van der Waals surface area (Å²) in [5.41, 5.74) is 5.11. The van der Waals surface area contributed by atoms with Crippen LogP contribution in [0.3, 0.4) is 0 Å². The predicted molar refractivity (Wildman–Crippen MR) is 116 cm³/mol. The van der Waals surface area contributed by atoms with Crippen molar-refractivity contribution >= 4 is 17.7 Å². The highest BCUT2D eigenvalue weighted by atomic mass is 16.5. The highest BCUT2D eigenvalue weighted by Gasteiger charge is 2.26. The summed E-state index contributed by atoms with van der Waals surface area (Å²) in [4.78, 5) is 37.0. The van der Waals surface area contributed by atoms with Crippen LogP contribution in [-0.2, 0) is 4.79 Å². The first-order chi connectivity index (χ1) is 14.9. The van der Waals surface area contributed by atoms with E-state index in [0.29, 0.717) is 17.9 Å². The van der Waals surface area contributed by atoms with Crippen LogP contribution >= 0.6 is 0 Å². The van der Waals surface area contributed by atoms with E-state index in [4.69, 9.17) is 9.15 Å². The largest absolute Gasteiger partial charge is 0.494 e. The van der Waals surface area contributed by atoms with Gasteiger partial charge in [0.05, 0.1) is 12.9 Å². The first-order valence-electron chi connectivity index (χ1n) is 10.6. The minimum Gasteiger partial charge on any atom is -0.494 e. The summed E-state index contributed by atoms with van der Waals surface area (Å²) in [5, 5.41) is 2.61. The number of unbranched alkanes of at least 4 members (excludes halogenated alkanes) is 3. The first-order valence-corrected chi connectivity index (χ1v) is 10.6. The number of hydrogen-bond donors (Lipinski definition) is 3. The number of carbonyl (C=O) groups excluding carboxylic acids is 3. The molecule has 8 nitrogen and oxygen atoms in total. The number of hydrazine groups is 1. The molecule has 0 aliphatic rings. The number of hydrogen-bond acceptors (Lipinski definition) is 5. The first kappa shape index (κ1) is 24.0. The van der Waals surface area contributed by atoms with E-state index in [9.17, 15) is 14.4 Å². The number of furan rings is 1. The second kappa shape index (κ2) is 12.4. The van der Waals surface area contributed by atoms with Crippen LogP contribution in [0.1, 0.15) is 67.4 Å². The van der Waals surface area contributed by atoms with Crippen LogP contribution in [0.25, 0.3) is 0 Å². The van der Waals surface area contributed by atoms with Crippen molar-refractivity contribution in [2.24, 2.45) is 5.92 Å². The number of amides is 3. The van der Waals surface area contributed by atoms with Gasteiger partial charge in [0, 0.05) is 5.56 Å². The van der Waals surface area contributed by atoms with E-state index in [-0.39, 0.29) is 11.7 Å². The van der Waals surface area contributed by atoms with Gasteiger partial charge in [0.1, 0.15) is 11.8 Å². The molecule has 0 fully saturated rings. The van der Waals surface area contributed by atoms with Gasteiger partial charge in [-0.1, -0.05) is 40.0 Å². The number of benzene rings is 1. The molecule has 0 aliphatic carbocycles. The van der Waals surface area contributed by atoms with Crippen molar-refractivity contribution in [1.29, 1.82) is 0 Å². The lowest BCUT2D eigenvalue weighted by Gasteiger charge is -2.21. The lowest BCUT2D eigenvalue weighted by atomic mass is 10.0. The maximum absolute atomic E-state index is 12.5. The SMILES string of the molecule is CCCCCCOc1ccc(C(=O)NNC(=O)C(NC(=O)c2ccco2)C(C)C)cc1. The van der Waals surface area contributed by atoms with Gasteiger partial charge in [-0.2, -0.15) is 0 Å². The molecule has 31 heavy (non-hydrogen) atoms. The number of carbonyl (C=O) groups is 3. The third-order valence-corrected chi connectivity index (χ3v) is 4.66. The third-order valence-electron chi connectivity index (χ3n) is 4.66. The molecule has 0 aliphatic heterocycles. The Morgan fingerprint density at radius 2 is 1.71 bits per heavy atom. The minimum absolute atomic E-state index is 0.107. The smallest absolute Gasteiger partial charge is 0.287 e. The van der Waals surface area contributed by atoms with Gasteiger partial charge < -0.3 is 14.5 Å². The number of rotatable bonds is 11. The Bertz CT molecular complexity index is 831. The number of nitrogens with one attached hydrogen (secondary N) is 3. The van der Waals surface area contributed by atoms with Crippen molar-refractivity contribution in [1.82, 2.24) is 16.2 Å². The van der Waals surface area contributed by atoms with Gasteiger partial charge in [-0.15, -0.1) is 0 Å². The van der Waals surface area contributed by atoms with Crippen LogP contribution < -0.4 is 20.9 Å². The van der Waals surface area contributed by atoms with Gasteiger partial charge in [-0.3, -0.25) is 25.2 Å². The van der Waals surface area contributed by atoms with E-state index in [2.05, 4.69) is 23.1 Å². The van der Waals surface area contributed by atoms with E-state index in [1.807, 2.05) is 0 Å². The van der Waals surface area contributed by atoms with E-state index in [1.54, 1.807) is 44.2 Å². The van der Waals surface area contributed by atoms with Gasteiger partial charge in [-0.25, -0.2) is 0 Å². The van der Waals surface area contributed by atoms with Gasteiger partial charge in [0.2, 0.25) is 0 Å². The van der Waals surface area contributed by atoms with E-state index in [0.717, 1.165) is 12.8 Å². The van der Waals surface area contributed by atoms with E-state index in [1.165, 1.54) is 25.2 Å². The van der Waals surface area contributed by atoms with Crippen molar-refractivity contribution in [2.45, 2.75) is 52.5 Å². The van der Waals surface area contributed by atoms with Crippen molar-refractivity contribution in [3.8, 4) is 5.75 Å². The molecule has 0 radical (unpaired) electrons. The lowest BCUT2D eigenvalue weighted by Crippen LogP contribution is -2.54. The molecule has 0 saturated carbocycles. The average Bonchev–Trinajstić information content (AvgIpc) is 3.30. The second-order valence-electron chi connectivity index (χ2n) is 7.55. The molecule has 168 valence electrons. The fourth-order valence-electron chi connectivity index (χ4n) is 2.84. The molecule has 0 saturated heterocycles. The summed E-state index contributed by atoms with van der Waals surface area (Å²) in [6.07, 6.45) is 5.88. The van der Waals surface area contributed by atoms with Crippen molar-refractivity contribution in [3.63, 3.8) is 0 Å². The Kier molecular flexibility index (Phi) is 9.61. The maximum atomic E-state index is 12.5. The molecule has 1 unspecified atom stereocenters. The predicted octanol–water partition coefficient (Wildman–Crippen LogP) is 3.45. The molecule has 1 aromatic carbocycles. The minimum atomic E-state index is -0.846. The molecule has 8 heteroatoms. The zero-order valence-corrected chi connectivity index (χ0v) is 18.3. The zero-order chi connectivity index (χ0) is 22.6. The van der Waals surface area contributed by atoms with Gasteiger partial charge >= 0.3 is 0 Å². The lowest BCUT2D eigenvalue weighted by molar-refractivity contribution is -0.124. The Balaban J connectivity index is 1.82. The number of ether oxygens (including phenoxy) is 1. The van der Waals surface area contributed by atoms with Crippen LogP contribution in [0.5, 0.6) is 5.75 Å². The summed E-state index contributed by atoms with van der Waals surface area (Å²) >= 11 is 0. The Hall–Kier alpha value is -3.29. The molecule has 1 heterocycles. The molecule has 0 spiro atoms. The molecule has 2 aromatic rings. The highest BCUT2D eigenvalue weighted by Crippen LogP contribution is 2.13. The van der Waals surface area contributed by atoms with Crippen LogP contribution in [0.2, 0.25) is 0 Å². The molecule has 1 atom stereocenters. The zero-order valence-electron chi connectivity index (χ0n) is 18.3. The molecule has 0 bridgehead atoms. The molecular weight excluding hydrogens is 398 g/mol. The van der Waals surface area contributed by atoms with Crippen LogP contribution in [0.15, 0.2) is 47.1 Å². The summed E-state index contributed by atoms with van der Waals surface area (Å²) in [6.45, 7) is 6.37. The average molecular weight is 430 g/mol. The summed E-state index contributed by atoms with van der Waals surface area (Å²) < 4.78 is 10.7. The summed E-state index contributed by atoms with van der Waals surface area (Å²) in [5.74, 6) is -0.911. The Morgan fingerprint density at radius 3 is 2.32 bits per heavy atom. The monoisotopic (exact) mass is 429 g/mol. The Labute approximate surface area is 182 Å². The van der Waals surface area contributed by atoms with Crippen molar-refractivity contribution in [3.05, 3.63) is 54.0 Å². The fourth-order valence-corrected chi connectivity index (χ4v) is 2.84. The standard InChI is InChI=1S/C23H31N3O5/c1-4-5-6-7-14-30-18-12-10-17(11-13-18)21(27)25-26-23(29)20(16(2)3)24-22(28)19-9-8-15-31-19/h8-13,15-16,20H,4-7,14H2,1-3H3,(H,24,28)(H,25,27)(H,26,29). The summed E-state index contributed by atoms with van der Waals surface area (Å²) in [7, 11) is 0. The normalized spacial score (nSPS) is 11.6. The molecule has 3 N–H and O–H groups in total. The molecule has 3 amide bonds. The third kappa shape index (κ3) is 7.81. The van der Waals surface area contributed by atoms with E-state index >= 15 is 0 Å². The quantitative estimate of drug-likeness (QED) is 0.374. The van der Waals surface area contributed by atoms with Crippen LogP contribution in [-0.4, -0.2) is 30.4 Å². The fraction of sp³-hybridized carbons (Fsp3) is 0.435. The van der Waals surface area contributed by atoms with Crippen molar-refractivity contribution < 1.29 is 23.5 Å².